The topological polar surface area (TPSA) is 46.5 Å². The molecule has 2 aromatic heterocycles. The third-order valence-electron chi connectivity index (χ3n) is 4.59. The zero-order valence-electron chi connectivity index (χ0n) is 12.5. The van der Waals surface area contributed by atoms with Crippen LogP contribution in [0.25, 0.3) is 11.4 Å². The van der Waals surface area contributed by atoms with Gasteiger partial charge in [-0.15, -0.1) is 0 Å². The lowest BCUT2D eigenvalue weighted by Gasteiger charge is -2.31. The molecule has 5 heteroatoms. The van der Waals surface area contributed by atoms with Gasteiger partial charge in [0.25, 0.3) is 0 Å². The largest absolute Gasteiger partial charge is 0.297 e. The predicted octanol–water partition coefficient (Wildman–Crippen LogP) is 4.53. The molecule has 3 rings (SSSR count). The van der Waals surface area contributed by atoms with Gasteiger partial charge in [0.05, 0.1) is 0 Å². The Hall–Kier alpha value is -1.49. The maximum Gasteiger partial charge on any atom is 0.195 e. The molecule has 0 spiro atoms. The van der Waals surface area contributed by atoms with Crippen molar-refractivity contribution in [2.24, 2.45) is 5.92 Å². The van der Waals surface area contributed by atoms with Crippen LogP contribution >= 0.6 is 12.2 Å². The SMILES string of the molecule is CCC(C1CCCCC1)n1c(-c2ccncc2)n[nH]c1=S. The average molecular weight is 302 g/mol. The Morgan fingerprint density at radius 2 is 2.00 bits per heavy atom. The van der Waals surface area contributed by atoms with E-state index in [4.69, 9.17) is 12.2 Å². The number of aromatic nitrogens is 4. The van der Waals surface area contributed by atoms with E-state index in [1.807, 2.05) is 12.1 Å². The molecule has 0 amide bonds. The Kier molecular flexibility index (Phi) is 4.48. The molecule has 1 aliphatic carbocycles. The molecule has 1 unspecified atom stereocenters. The molecule has 1 fully saturated rings. The fourth-order valence-electron chi connectivity index (χ4n) is 3.56. The highest BCUT2D eigenvalue weighted by molar-refractivity contribution is 7.71. The molecule has 0 saturated heterocycles. The lowest BCUT2D eigenvalue weighted by atomic mass is 9.82. The third-order valence-corrected chi connectivity index (χ3v) is 4.87. The molecule has 0 radical (unpaired) electrons. The summed E-state index contributed by atoms with van der Waals surface area (Å²) in [6.07, 6.45) is 11.4. The number of nitrogens with one attached hydrogen (secondary N) is 1. The Labute approximate surface area is 130 Å². The smallest absolute Gasteiger partial charge is 0.195 e. The van der Waals surface area contributed by atoms with Crippen LogP contribution < -0.4 is 0 Å². The van der Waals surface area contributed by atoms with E-state index in [1.54, 1.807) is 12.4 Å². The van der Waals surface area contributed by atoms with Crippen molar-refractivity contribution in [3.63, 3.8) is 0 Å². The molecular formula is C16H22N4S. The van der Waals surface area contributed by atoms with Crippen LogP contribution in [-0.4, -0.2) is 19.7 Å². The van der Waals surface area contributed by atoms with Crippen molar-refractivity contribution in [1.82, 2.24) is 19.7 Å². The Morgan fingerprint density at radius 1 is 1.29 bits per heavy atom. The van der Waals surface area contributed by atoms with Crippen molar-refractivity contribution in [3.8, 4) is 11.4 Å². The number of H-pyrrole nitrogens is 1. The molecule has 2 heterocycles. The van der Waals surface area contributed by atoms with Gasteiger partial charge in [-0.05, 0) is 49.5 Å². The van der Waals surface area contributed by atoms with Gasteiger partial charge >= 0.3 is 0 Å². The van der Waals surface area contributed by atoms with Gasteiger partial charge in [-0.3, -0.25) is 14.6 Å². The van der Waals surface area contributed by atoms with Crippen molar-refractivity contribution >= 4 is 12.2 Å². The van der Waals surface area contributed by atoms with Gasteiger partial charge in [0.15, 0.2) is 10.6 Å². The van der Waals surface area contributed by atoms with Crippen LogP contribution in [0.3, 0.4) is 0 Å². The summed E-state index contributed by atoms with van der Waals surface area (Å²) < 4.78 is 2.97. The molecule has 4 nitrogen and oxygen atoms in total. The highest BCUT2D eigenvalue weighted by Gasteiger charge is 2.26. The van der Waals surface area contributed by atoms with Crippen molar-refractivity contribution in [2.75, 3.05) is 0 Å². The maximum atomic E-state index is 5.51. The van der Waals surface area contributed by atoms with Crippen LogP contribution in [0.2, 0.25) is 0 Å². The number of nitrogens with zero attached hydrogens (tertiary/aromatic N) is 3. The third kappa shape index (κ3) is 2.93. The first-order chi connectivity index (χ1) is 10.3. The summed E-state index contributed by atoms with van der Waals surface area (Å²) in [4.78, 5) is 4.09. The number of hydrogen-bond donors (Lipinski definition) is 1. The average Bonchev–Trinajstić information content (AvgIpc) is 2.92. The first-order valence-corrected chi connectivity index (χ1v) is 8.29. The molecule has 1 aliphatic rings. The van der Waals surface area contributed by atoms with Gasteiger partial charge in [0.2, 0.25) is 0 Å². The van der Waals surface area contributed by atoms with Gasteiger partial charge < -0.3 is 0 Å². The molecule has 0 aromatic carbocycles. The summed E-state index contributed by atoms with van der Waals surface area (Å²) in [5.41, 5.74) is 1.08. The molecule has 0 aliphatic heterocycles. The number of aromatic amines is 1. The maximum absolute atomic E-state index is 5.51. The van der Waals surface area contributed by atoms with Gasteiger partial charge in [0, 0.05) is 24.0 Å². The molecular weight excluding hydrogens is 280 g/mol. The van der Waals surface area contributed by atoms with Crippen LogP contribution in [-0.2, 0) is 0 Å². The van der Waals surface area contributed by atoms with Gasteiger partial charge in [-0.1, -0.05) is 26.2 Å². The minimum atomic E-state index is 0.444. The summed E-state index contributed by atoms with van der Waals surface area (Å²) in [6.45, 7) is 2.25. The van der Waals surface area contributed by atoms with E-state index < -0.39 is 0 Å². The highest BCUT2D eigenvalue weighted by Crippen LogP contribution is 2.36. The second kappa shape index (κ2) is 6.52. The zero-order chi connectivity index (χ0) is 14.7. The molecule has 2 aromatic rings. The fourth-order valence-corrected chi connectivity index (χ4v) is 3.83. The Bertz CT molecular complexity index is 625. The molecule has 1 saturated carbocycles. The summed E-state index contributed by atoms with van der Waals surface area (Å²) in [5.74, 6) is 1.66. The van der Waals surface area contributed by atoms with Gasteiger partial charge in [0.1, 0.15) is 0 Å². The van der Waals surface area contributed by atoms with Crippen LogP contribution in [0.1, 0.15) is 51.5 Å². The molecule has 0 bridgehead atoms. The minimum Gasteiger partial charge on any atom is -0.297 e. The van der Waals surface area contributed by atoms with E-state index in [0.717, 1.165) is 22.6 Å². The van der Waals surface area contributed by atoms with Gasteiger partial charge in [-0.2, -0.15) is 5.10 Å². The van der Waals surface area contributed by atoms with E-state index in [1.165, 1.54) is 32.1 Å². The lowest BCUT2D eigenvalue weighted by molar-refractivity contribution is 0.242. The molecule has 21 heavy (non-hydrogen) atoms. The van der Waals surface area contributed by atoms with E-state index in [0.29, 0.717) is 12.0 Å². The summed E-state index contributed by atoms with van der Waals surface area (Å²) in [7, 11) is 0. The van der Waals surface area contributed by atoms with E-state index in [2.05, 4.69) is 26.7 Å². The second-order valence-electron chi connectivity index (χ2n) is 5.83. The van der Waals surface area contributed by atoms with Crippen LogP contribution in [0.5, 0.6) is 0 Å². The number of pyridine rings is 1. The Balaban J connectivity index is 2.00. The minimum absolute atomic E-state index is 0.444. The quantitative estimate of drug-likeness (QED) is 0.844. The summed E-state index contributed by atoms with van der Waals surface area (Å²) in [5, 5.41) is 7.45. The van der Waals surface area contributed by atoms with Crippen molar-refractivity contribution < 1.29 is 0 Å². The highest BCUT2D eigenvalue weighted by atomic mass is 32.1. The number of rotatable bonds is 4. The van der Waals surface area contributed by atoms with Crippen LogP contribution in [0, 0.1) is 10.7 Å². The zero-order valence-corrected chi connectivity index (χ0v) is 13.3. The summed E-state index contributed by atoms with van der Waals surface area (Å²) >= 11 is 5.51. The summed E-state index contributed by atoms with van der Waals surface area (Å²) in [6, 6.07) is 4.43. The molecule has 1 N–H and O–H groups in total. The Morgan fingerprint density at radius 3 is 2.67 bits per heavy atom. The van der Waals surface area contributed by atoms with Gasteiger partial charge in [-0.25, -0.2) is 0 Å². The van der Waals surface area contributed by atoms with E-state index in [-0.39, 0.29) is 0 Å². The lowest BCUT2D eigenvalue weighted by Crippen LogP contribution is -2.22. The standard InChI is InChI=1S/C16H22N4S/c1-2-14(12-6-4-3-5-7-12)20-15(18-19-16(20)21)13-8-10-17-11-9-13/h8-12,14H,2-7H2,1H3,(H,19,21). The molecule has 1 atom stereocenters. The van der Waals surface area contributed by atoms with Crippen molar-refractivity contribution in [2.45, 2.75) is 51.5 Å². The predicted molar refractivity (Wildman–Crippen MR) is 86.5 cm³/mol. The van der Waals surface area contributed by atoms with Crippen LogP contribution in [0.15, 0.2) is 24.5 Å². The van der Waals surface area contributed by atoms with Crippen molar-refractivity contribution in [1.29, 1.82) is 0 Å². The fraction of sp³-hybridized carbons (Fsp3) is 0.562. The normalized spacial score (nSPS) is 17.8. The first kappa shape index (κ1) is 14.4. The van der Waals surface area contributed by atoms with Crippen LogP contribution in [0.4, 0.5) is 0 Å². The van der Waals surface area contributed by atoms with E-state index in [9.17, 15) is 0 Å². The number of hydrogen-bond acceptors (Lipinski definition) is 3. The second-order valence-corrected chi connectivity index (χ2v) is 6.22. The first-order valence-electron chi connectivity index (χ1n) is 7.88. The molecule has 112 valence electrons. The monoisotopic (exact) mass is 302 g/mol. The van der Waals surface area contributed by atoms with E-state index >= 15 is 0 Å². The van der Waals surface area contributed by atoms with Crippen molar-refractivity contribution in [3.05, 3.63) is 29.3 Å².